The van der Waals surface area contributed by atoms with Crippen LogP contribution in [-0.4, -0.2) is 40.3 Å². The van der Waals surface area contributed by atoms with Crippen LogP contribution in [0.2, 0.25) is 0 Å². The van der Waals surface area contributed by atoms with Crippen LogP contribution in [-0.2, 0) is 4.74 Å². The molecule has 3 rings (SSSR count). The van der Waals surface area contributed by atoms with Crippen LogP contribution in [0.5, 0.6) is 0 Å². The zero-order chi connectivity index (χ0) is 14.2. The Morgan fingerprint density at radius 3 is 3.00 bits per heavy atom. The lowest BCUT2D eigenvalue weighted by molar-refractivity contribution is -0.0723. The van der Waals surface area contributed by atoms with Crippen LogP contribution in [0.4, 0.5) is 5.69 Å². The van der Waals surface area contributed by atoms with Crippen molar-refractivity contribution in [2.75, 3.05) is 23.3 Å². The van der Waals surface area contributed by atoms with Gasteiger partial charge in [0.2, 0.25) is 0 Å². The number of ether oxygens (including phenoxy) is 1. The highest BCUT2D eigenvalue weighted by Crippen LogP contribution is 2.30. The van der Waals surface area contributed by atoms with E-state index in [-0.39, 0.29) is 11.7 Å². The summed E-state index contributed by atoms with van der Waals surface area (Å²) in [6.45, 7) is 5.98. The molecule has 0 saturated carbocycles. The molecule has 1 fully saturated rings. The number of morpholine rings is 1. The SMILES string of the molecule is CC1(C)CN(c2cnnc3ccccc23)CC(CBr)O1. The molecule has 1 saturated heterocycles. The van der Waals surface area contributed by atoms with E-state index in [4.69, 9.17) is 4.74 Å². The topological polar surface area (TPSA) is 38.2 Å². The molecule has 4 nitrogen and oxygen atoms in total. The van der Waals surface area contributed by atoms with Gasteiger partial charge in [0, 0.05) is 23.8 Å². The van der Waals surface area contributed by atoms with Crippen molar-refractivity contribution in [1.82, 2.24) is 10.2 Å². The molecule has 2 heterocycles. The second kappa shape index (κ2) is 5.30. The molecule has 0 N–H and O–H groups in total. The van der Waals surface area contributed by atoms with E-state index in [0.29, 0.717) is 0 Å². The van der Waals surface area contributed by atoms with E-state index in [1.54, 1.807) is 0 Å². The van der Waals surface area contributed by atoms with E-state index < -0.39 is 0 Å². The Morgan fingerprint density at radius 2 is 2.20 bits per heavy atom. The summed E-state index contributed by atoms with van der Waals surface area (Å²) in [4.78, 5) is 2.35. The van der Waals surface area contributed by atoms with Gasteiger partial charge in [-0.05, 0) is 19.9 Å². The maximum Gasteiger partial charge on any atom is 0.0950 e. The van der Waals surface area contributed by atoms with Crippen molar-refractivity contribution in [1.29, 1.82) is 0 Å². The molecule has 1 unspecified atom stereocenters. The van der Waals surface area contributed by atoms with Crippen LogP contribution in [0, 0.1) is 0 Å². The van der Waals surface area contributed by atoms with Gasteiger partial charge in [0.15, 0.2) is 0 Å². The molecule has 1 aromatic carbocycles. The Hall–Kier alpha value is -1.20. The van der Waals surface area contributed by atoms with Crippen LogP contribution in [0.25, 0.3) is 10.9 Å². The first-order chi connectivity index (χ1) is 9.59. The maximum atomic E-state index is 6.06. The fraction of sp³-hybridized carbons (Fsp3) is 0.467. The summed E-state index contributed by atoms with van der Waals surface area (Å²) in [7, 11) is 0. The lowest BCUT2D eigenvalue weighted by atomic mass is 10.0. The van der Waals surface area contributed by atoms with E-state index in [9.17, 15) is 0 Å². The number of hydrogen-bond acceptors (Lipinski definition) is 4. The third kappa shape index (κ3) is 2.65. The number of aromatic nitrogens is 2. The number of benzene rings is 1. The lowest BCUT2D eigenvalue weighted by Gasteiger charge is -2.43. The van der Waals surface area contributed by atoms with Gasteiger partial charge in [-0.15, -0.1) is 0 Å². The van der Waals surface area contributed by atoms with Crippen LogP contribution < -0.4 is 4.90 Å². The number of halogens is 1. The van der Waals surface area contributed by atoms with Crippen molar-refractivity contribution in [2.24, 2.45) is 0 Å². The maximum absolute atomic E-state index is 6.06. The van der Waals surface area contributed by atoms with Crippen molar-refractivity contribution >= 4 is 32.5 Å². The largest absolute Gasteiger partial charge is 0.368 e. The molecule has 0 amide bonds. The molecule has 106 valence electrons. The van der Waals surface area contributed by atoms with Crippen LogP contribution >= 0.6 is 15.9 Å². The molecular weight excluding hydrogens is 318 g/mol. The summed E-state index contributed by atoms with van der Waals surface area (Å²) in [6, 6.07) is 8.14. The number of alkyl halides is 1. The molecule has 0 bridgehead atoms. The number of hydrogen-bond donors (Lipinski definition) is 0. The van der Waals surface area contributed by atoms with Crippen LogP contribution in [0.3, 0.4) is 0 Å². The van der Waals surface area contributed by atoms with Gasteiger partial charge in [-0.3, -0.25) is 0 Å². The van der Waals surface area contributed by atoms with Crippen LogP contribution in [0.15, 0.2) is 30.5 Å². The predicted molar refractivity (Wildman–Crippen MR) is 84.5 cm³/mol. The zero-order valence-corrected chi connectivity index (χ0v) is 13.3. The summed E-state index contributed by atoms with van der Waals surface area (Å²) in [5.41, 5.74) is 1.91. The Labute approximate surface area is 127 Å². The summed E-state index contributed by atoms with van der Waals surface area (Å²) >= 11 is 3.53. The van der Waals surface area contributed by atoms with Gasteiger partial charge in [-0.25, -0.2) is 0 Å². The molecule has 20 heavy (non-hydrogen) atoms. The quantitative estimate of drug-likeness (QED) is 0.791. The van der Waals surface area contributed by atoms with E-state index in [1.165, 1.54) is 0 Å². The Bertz CT molecular complexity index is 612. The molecule has 1 aromatic heterocycles. The van der Waals surface area contributed by atoms with Crippen molar-refractivity contribution in [3.63, 3.8) is 0 Å². The first-order valence-corrected chi connectivity index (χ1v) is 7.90. The minimum absolute atomic E-state index is 0.166. The Kier molecular flexibility index (Phi) is 3.65. The Balaban J connectivity index is 2.01. The van der Waals surface area contributed by atoms with E-state index in [0.717, 1.165) is 35.0 Å². The summed E-state index contributed by atoms with van der Waals surface area (Å²) in [5, 5.41) is 10.3. The molecule has 0 radical (unpaired) electrons. The fourth-order valence-corrected chi connectivity index (χ4v) is 3.14. The van der Waals surface area contributed by atoms with Gasteiger partial charge in [0.25, 0.3) is 0 Å². The third-order valence-electron chi connectivity index (χ3n) is 3.52. The Morgan fingerprint density at radius 1 is 1.40 bits per heavy atom. The minimum atomic E-state index is -0.166. The van der Waals surface area contributed by atoms with Gasteiger partial charge in [-0.1, -0.05) is 34.1 Å². The molecular formula is C15H18BrN3O. The standard InChI is InChI=1S/C15H18BrN3O/c1-15(2)10-19(9-11(7-16)20-15)14-8-17-18-13-6-4-3-5-12(13)14/h3-6,8,11H,7,9-10H2,1-2H3. The van der Waals surface area contributed by atoms with Crippen LogP contribution in [0.1, 0.15) is 13.8 Å². The summed E-state index contributed by atoms with van der Waals surface area (Å²) in [5.74, 6) is 0. The number of rotatable bonds is 2. The molecule has 0 aliphatic carbocycles. The van der Waals surface area contributed by atoms with Crippen molar-refractivity contribution in [3.8, 4) is 0 Å². The second-order valence-corrected chi connectivity index (χ2v) is 6.43. The lowest BCUT2D eigenvalue weighted by Crippen LogP contribution is -2.53. The first-order valence-electron chi connectivity index (χ1n) is 6.78. The second-order valence-electron chi connectivity index (χ2n) is 5.78. The first kappa shape index (κ1) is 13.8. The molecule has 1 aliphatic rings. The highest BCUT2D eigenvalue weighted by molar-refractivity contribution is 9.09. The van der Waals surface area contributed by atoms with Gasteiger partial charge in [-0.2, -0.15) is 10.2 Å². The fourth-order valence-electron chi connectivity index (χ4n) is 2.80. The van der Waals surface area contributed by atoms with E-state index in [2.05, 4.69) is 50.9 Å². The van der Waals surface area contributed by atoms with Crippen molar-refractivity contribution in [3.05, 3.63) is 30.5 Å². The smallest absolute Gasteiger partial charge is 0.0950 e. The van der Waals surface area contributed by atoms with Gasteiger partial charge in [0.1, 0.15) is 0 Å². The summed E-state index contributed by atoms with van der Waals surface area (Å²) in [6.07, 6.45) is 2.04. The normalized spacial score (nSPS) is 22.1. The number of fused-ring (bicyclic) bond motifs is 1. The molecule has 1 atom stereocenters. The predicted octanol–water partition coefficient (Wildman–Crippen LogP) is 3.01. The monoisotopic (exact) mass is 335 g/mol. The van der Waals surface area contributed by atoms with Gasteiger partial charge >= 0.3 is 0 Å². The number of nitrogens with zero attached hydrogens (tertiary/aromatic N) is 3. The highest BCUT2D eigenvalue weighted by atomic mass is 79.9. The zero-order valence-electron chi connectivity index (χ0n) is 11.7. The van der Waals surface area contributed by atoms with E-state index in [1.807, 2.05) is 24.4 Å². The molecule has 5 heteroatoms. The van der Waals surface area contributed by atoms with E-state index >= 15 is 0 Å². The molecule has 1 aliphatic heterocycles. The average Bonchev–Trinajstić information content (AvgIpc) is 2.45. The number of anilines is 1. The van der Waals surface area contributed by atoms with Gasteiger partial charge < -0.3 is 9.64 Å². The third-order valence-corrected chi connectivity index (χ3v) is 4.24. The van der Waals surface area contributed by atoms with Crippen molar-refractivity contribution in [2.45, 2.75) is 25.6 Å². The van der Waals surface area contributed by atoms with Crippen molar-refractivity contribution < 1.29 is 4.74 Å². The summed E-state index contributed by atoms with van der Waals surface area (Å²) < 4.78 is 6.06. The molecule has 2 aromatic rings. The molecule has 0 spiro atoms. The minimum Gasteiger partial charge on any atom is -0.368 e. The highest BCUT2D eigenvalue weighted by Gasteiger charge is 2.33. The average molecular weight is 336 g/mol. The van der Waals surface area contributed by atoms with Gasteiger partial charge in [0.05, 0.1) is 29.1 Å².